The first-order chi connectivity index (χ1) is 14.7. The van der Waals surface area contributed by atoms with E-state index >= 15 is 0 Å². The second-order valence-corrected chi connectivity index (χ2v) is 8.00. The third-order valence-electron chi connectivity index (χ3n) is 5.07. The molecule has 0 saturated carbocycles. The summed E-state index contributed by atoms with van der Waals surface area (Å²) in [6.45, 7) is 3.46. The Morgan fingerprint density at radius 2 is 1.80 bits per heavy atom. The number of carbonyl (C=O) groups excluding carboxylic acids is 1. The predicted molar refractivity (Wildman–Crippen MR) is 116 cm³/mol. The quantitative estimate of drug-likeness (QED) is 0.677. The fourth-order valence-electron chi connectivity index (χ4n) is 3.43. The van der Waals surface area contributed by atoms with E-state index in [1.807, 2.05) is 35.2 Å². The molecule has 1 aromatic heterocycles. The van der Waals surface area contributed by atoms with E-state index in [1.54, 1.807) is 12.1 Å². The van der Waals surface area contributed by atoms with Gasteiger partial charge in [0.25, 0.3) is 0 Å². The standard InChI is InChI=1S/C22H24FN5OS/c23-19-9-7-17(8-10-19)15-20-25-22(30-26-20)28-12-4-11-27(13-14-28)21(29)24-16-18-5-2-1-3-6-18/h1-3,5-10H,4,11-16H2,(H,24,29). The number of benzene rings is 2. The van der Waals surface area contributed by atoms with Crippen LogP contribution in [0.2, 0.25) is 0 Å². The van der Waals surface area contributed by atoms with Gasteiger partial charge in [0.2, 0.25) is 5.13 Å². The van der Waals surface area contributed by atoms with E-state index in [4.69, 9.17) is 0 Å². The molecule has 6 nitrogen and oxygen atoms in total. The Bertz CT molecular complexity index is 963. The topological polar surface area (TPSA) is 61.4 Å². The van der Waals surface area contributed by atoms with Crippen LogP contribution in [0, 0.1) is 5.82 Å². The lowest BCUT2D eigenvalue weighted by Crippen LogP contribution is -2.41. The molecule has 4 rings (SSSR count). The van der Waals surface area contributed by atoms with Gasteiger partial charge >= 0.3 is 6.03 Å². The number of rotatable bonds is 5. The molecule has 0 aliphatic carbocycles. The predicted octanol–water partition coefficient (Wildman–Crippen LogP) is 3.69. The molecule has 3 aromatic rings. The molecule has 2 aromatic carbocycles. The first-order valence-electron chi connectivity index (χ1n) is 10.1. The summed E-state index contributed by atoms with van der Waals surface area (Å²) < 4.78 is 17.5. The number of halogens is 1. The molecule has 2 heterocycles. The Morgan fingerprint density at radius 3 is 2.60 bits per heavy atom. The van der Waals surface area contributed by atoms with Gasteiger partial charge in [-0.05, 0) is 29.7 Å². The van der Waals surface area contributed by atoms with Crippen molar-refractivity contribution < 1.29 is 9.18 Å². The highest BCUT2D eigenvalue weighted by Gasteiger charge is 2.21. The van der Waals surface area contributed by atoms with Gasteiger partial charge < -0.3 is 15.1 Å². The molecule has 156 valence electrons. The number of nitrogens with zero attached hydrogens (tertiary/aromatic N) is 4. The van der Waals surface area contributed by atoms with Crippen LogP contribution in [0.25, 0.3) is 0 Å². The van der Waals surface area contributed by atoms with E-state index in [-0.39, 0.29) is 11.8 Å². The van der Waals surface area contributed by atoms with Crippen molar-refractivity contribution in [1.29, 1.82) is 0 Å². The summed E-state index contributed by atoms with van der Waals surface area (Å²) in [5, 5.41) is 3.88. The average Bonchev–Trinajstić information content (AvgIpc) is 3.09. The number of hydrogen-bond acceptors (Lipinski definition) is 5. The fourth-order valence-corrected chi connectivity index (χ4v) is 4.16. The maximum absolute atomic E-state index is 13.1. The van der Waals surface area contributed by atoms with Gasteiger partial charge in [-0.15, -0.1) is 0 Å². The van der Waals surface area contributed by atoms with Gasteiger partial charge in [-0.25, -0.2) is 14.2 Å². The van der Waals surface area contributed by atoms with Gasteiger partial charge in [0.05, 0.1) is 0 Å². The number of anilines is 1. The van der Waals surface area contributed by atoms with Crippen LogP contribution in [0.15, 0.2) is 54.6 Å². The van der Waals surface area contributed by atoms with Gasteiger partial charge in [-0.3, -0.25) is 0 Å². The van der Waals surface area contributed by atoms with Crippen molar-refractivity contribution in [3.05, 3.63) is 77.4 Å². The lowest BCUT2D eigenvalue weighted by molar-refractivity contribution is 0.201. The summed E-state index contributed by atoms with van der Waals surface area (Å²) in [4.78, 5) is 21.3. The van der Waals surface area contributed by atoms with Crippen LogP contribution in [0.1, 0.15) is 23.4 Å². The van der Waals surface area contributed by atoms with Crippen molar-refractivity contribution in [2.45, 2.75) is 19.4 Å². The minimum atomic E-state index is -0.243. The molecule has 30 heavy (non-hydrogen) atoms. The number of hydrogen-bond donors (Lipinski definition) is 1. The largest absolute Gasteiger partial charge is 0.345 e. The third kappa shape index (κ3) is 5.33. The molecule has 0 radical (unpaired) electrons. The third-order valence-corrected chi connectivity index (χ3v) is 5.89. The summed E-state index contributed by atoms with van der Waals surface area (Å²) in [7, 11) is 0. The van der Waals surface area contributed by atoms with Gasteiger partial charge in [-0.1, -0.05) is 42.5 Å². The first-order valence-corrected chi connectivity index (χ1v) is 10.8. The Labute approximate surface area is 179 Å². The Kier molecular flexibility index (Phi) is 6.53. The van der Waals surface area contributed by atoms with E-state index in [0.717, 1.165) is 48.1 Å². The van der Waals surface area contributed by atoms with Gasteiger partial charge in [-0.2, -0.15) is 4.37 Å². The van der Waals surface area contributed by atoms with E-state index < -0.39 is 0 Å². The minimum Gasteiger partial charge on any atom is -0.345 e. The van der Waals surface area contributed by atoms with E-state index in [9.17, 15) is 9.18 Å². The summed E-state index contributed by atoms with van der Waals surface area (Å²) in [6, 6.07) is 16.3. The highest BCUT2D eigenvalue weighted by atomic mass is 32.1. The molecule has 1 aliphatic heterocycles. The first kappa shape index (κ1) is 20.3. The maximum Gasteiger partial charge on any atom is 0.317 e. The number of nitrogens with one attached hydrogen (secondary N) is 1. The van der Waals surface area contributed by atoms with Crippen LogP contribution in [0.5, 0.6) is 0 Å². The molecule has 8 heteroatoms. The van der Waals surface area contributed by atoms with Gasteiger partial charge in [0.15, 0.2) is 0 Å². The summed E-state index contributed by atoms with van der Waals surface area (Å²) in [5.41, 5.74) is 2.07. The van der Waals surface area contributed by atoms with Crippen LogP contribution in [0.3, 0.4) is 0 Å². The molecule has 0 atom stereocenters. The zero-order valence-electron chi connectivity index (χ0n) is 16.6. The lowest BCUT2D eigenvalue weighted by Gasteiger charge is -2.22. The number of urea groups is 1. The SMILES string of the molecule is O=C(NCc1ccccc1)N1CCCN(c2nc(Cc3ccc(F)cc3)ns2)CC1. The second kappa shape index (κ2) is 9.67. The van der Waals surface area contributed by atoms with E-state index in [0.29, 0.717) is 19.5 Å². The van der Waals surface area contributed by atoms with Crippen LogP contribution < -0.4 is 10.2 Å². The molecule has 2 amide bonds. The number of carbonyl (C=O) groups is 1. The Morgan fingerprint density at radius 1 is 1.00 bits per heavy atom. The molecule has 0 spiro atoms. The van der Waals surface area contributed by atoms with Crippen molar-refractivity contribution in [2.75, 3.05) is 31.1 Å². The molecule has 1 saturated heterocycles. The number of amides is 2. The van der Waals surface area contributed by atoms with Crippen molar-refractivity contribution in [2.24, 2.45) is 0 Å². The molecule has 1 N–H and O–H groups in total. The van der Waals surface area contributed by atoms with Gasteiger partial charge in [0, 0.05) is 50.7 Å². The normalized spacial score (nSPS) is 14.4. The zero-order chi connectivity index (χ0) is 20.8. The summed E-state index contributed by atoms with van der Waals surface area (Å²) in [6.07, 6.45) is 1.46. The van der Waals surface area contributed by atoms with E-state index in [2.05, 4.69) is 19.6 Å². The smallest absolute Gasteiger partial charge is 0.317 e. The Balaban J connectivity index is 1.30. The molecule has 0 bridgehead atoms. The highest BCUT2D eigenvalue weighted by molar-refractivity contribution is 7.09. The summed E-state index contributed by atoms with van der Waals surface area (Å²) in [5.74, 6) is 0.496. The highest BCUT2D eigenvalue weighted by Crippen LogP contribution is 2.21. The monoisotopic (exact) mass is 425 g/mol. The summed E-state index contributed by atoms with van der Waals surface area (Å²) >= 11 is 1.38. The molecular formula is C22H24FN5OS. The molecular weight excluding hydrogens is 401 g/mol. The fraction of sp³-hybridized carbons (Fsp3) is 0.318. The average molecular weight is 426 g/mol. The van der Waals surface area contributed by atoms with Crippen molar-refractivity contribution >= 4 is 22.7 Å². The lowest BCUT2D eigenvalue weighted by atomic mass is 10.1. The van der Waals surface area contributed by atoms with Crippen molar-refractivity contribution in [3.63, 3.8) is 0 Å². The van der Waals surface area contributed by atoms with E-state index in [1.165, 1.54) is 23.7 Å². The minimum absolute atomic E-state index is 0.0324. The van der Waals surface area contributed by atoms with Gasteiger partial charge in [0.1, 0.15) is 11.6 Å². The second-order valence-electron chi connectivity index (χ2n) is 7.27. The molecule has 0 unspecified atom stereocenters. The van der Waals surface area contributed by atoms with Crippen LogP contribution >= 0.6 is 11.5 Å². The van der Waals surface area contributed by atoms with Crippen LogP contribution in [0.4, 0.5) is 14.3 Å². The Hall–Kier alpha value is -3.00. The maximum atomic E-state index is 13.1. The molecule has 1 aliphatic rings. The van der Waals surface area contributed by atoms with Crippen molar-refractivity contribution in [1.82, 2.24) is 19.6 Å². The number of aromatic nitrogens is 2. The van der Waals surface area contributed by atoms with Crippen LogP contribution in [-0.2, 0) is 13.0 Å². The molecule has 1 fully saturated rings. The van der Waals surface area contributed by atoms with Crippen molar-refractivity contribution in [3.8, 4) is 0 Å². The zero-order valence-corrected chi connectivity index (χ0v) is 17.4. The van der Waals surface area contributed by atoms with Crippen LogP contribution in [-0.4, -0.2) is 46.5 Å².